The minimum absolute atomic E-state index is 0.0642. The second-order valence-corrected chi connectivity index (χ2v) is 7.46. The zero-order valence-corrected chi connectivity index (χ0v) is 18.8. The van der Waals surface area contributed by atoms with Crippen LogP contribution in [0.25, 0.3) is 0 Å². The van der Waals surface area contributed by atoms with Gasteiger partial charge in [-0.05, 0) is 49.6 Å². The first-order chi connectivity index (χ1) is 15.0. The predicted octanol–water partition coefficient (Wildman–Crippen LogP) is 4.19. The smallest absolute Gasteiger partial charge is 0.242 e. The van der Waals surface area contributed by atoms with E-state index in [4.69, 9.17) is 9.47 Å². The Morgan fingerprint density at radius 1 is 1.00 bits per heavy atom. The van der Waals surface area contributed by atoms with E-state index < -0.39 is 6.04 Å². The van der Waals surface area contributed by atoms with Crippen molar-refractivity contribution in [3.63, 3.8) is 0 Å². The van der Waals surface area contributed by atoms with Gasteiger partial charge in [0, 0.05) is 19.5 Å². The summed E-state index contributed by atoms with van der Waals surface area (Å²) in [5.74, 6) is 1.35. The Hall–Kier alpha value is -3.02. The lowest BCUT2D eigenvalue weighted by Crippen LogP contribution is -2.47. The van der Waals surface area contributed by atoms with Crippen LogP contribution in [0, 0.1) is 0 Å². The number of methoxy groups -OCH3 is 1. The molecule has 0 aliphatic heterocycles. The normalized spacial score (nSPS) is 11.5. The van der Waals surface area contributed by atoms with Gasteiger partial charge in [-0.15, -0.1) is 0 Å². The minimum Gasteiger partial charge on any atom is -0.497 e. The van der Waals surface area contributed by atoms with Crippen LogP contribution in [0.15, 0.2) is 54.6 Å². The van der Waals surface area contributed by atoms with E-state index >= 15 is 0 Å². The van der Waals surface area contributed by atoms with E-state index in [0.717, 1.165) is 29.9 Å². The highest BCUT2D eigenvalue weighted by Gasteiger charge is 2.25. The molecule has 2 amide bonds. The zero-order valence-electron chi connectivity index (χ0n) is 18.8. The lowest BCUT2D eigenvalue weighted by atomic mass is 10.1. The van der Waals surface area contributed by atoms with E-state index in [1.54, 1.807) is 18.9 Å². The first-order valence-electron chi connectivity index (χ1n) is 10.9. The number of carbonyl (C=O) groups is 2. The van der Waals surface area contributed by atoms with E-state index in [-0.39, 0.29) is 11.8 Å². The Balaban J connectivity index is 1.98. The van der Waals surface area contributed by atoms with E-state index in [1.807, 2.05) is 54.6 Å². The summed E-state index contributed by atoms with van der Waals surface area (Å²) in [5, 5.41) is 2.93. The van der Waals surface area contributed by atoms with Crippen LogP contribution >= 0.6 is 0 Å². The number of rotatable bonds is 13. The number of ether oxygens (including phenoxy) is 2. The molecule has 0 spiro atoms. The molecule has 0 saturated heterocycles. The maximum atomic E-state index is 13.0. The molecule has 1 unspecified atom stereocenters. The standard InChI is InChI=1S/C25H34N2O4/c1-4-5-17-26-25(29)20(2)27(19-21-13-15-22(30-3)16-14-21)24(28)12-9-18-31-23-10-7-6-8-11-23/h6-8,10-11,13-16,20H,4-5,9,12,17-19H2,1-3H3,(H,26,29). The highest BCUT2D eigenvalue weighted by molar-refractivity contribution is 5.87. The van der Waals surface area contributed by atoms with Gasteiger partial charge in [0.1, 0.15) is 17.5 Å². The number of carbonyl (C=O) groups excluding carboxylic acids is 2. The number of unbranched alkanes of at least 4 members (excludes halogenated alkanes) is 1. The third kappa shape index (κ3) is 8.32. The fourth-order valence-corrected chi connectivity index (χ4v) is 3.12. The molecule has 2 aromatic carbocycles. The molecule has 0 radical (unpaired) electrons. The lowest BCUT2D eigenvalue weighted by molar-refractivity contribution is -0.140. The number of nitrogens with one attached hydrogen (secondary N) is 1. The third-order valence-corrected chi connectivity index (χ3v) is 5.06. The van der Waals surface area contributed by atoms with Crippen molar-refractivity contribution < 1.29 is 19.1 Å². The number of nitrogens with zero attached hydrogens (tertiary/aromatic N) is 1. The molecule has 0 bridgehead atoms. The lowest BCUT2D eigenvalue weighted by Gasteiger charge is -2.29. The number of hydrogen-bond donors (Lipinski definition) is 1. The van der Waals surface area contributed by atoms with E-state index in [2.05, 4.69) is 12.2 Å². The van der Waals surface area contributed by atoms with Crippen LogP contribution in [0.2, 0.25) is 0 Å². The molecule has 168 valence electrons. The van der Waals surface area contributed by atoms with Crippen LogP contribution < -0.4 is 14.8 Å². The molecule has 0 aromatic heterocycles. The predicted molar refractivity (Wildman–Crippen MR) is 122 cm³/mol. The third-order valence-electron chi connectivity index (χ3n) is 5.06. The van der Waals surface area contributed by atoms with Gasteiger partial charge in [-0.3, -0.25) is 9.59 Å². The zero-order chi connectivity index (χ0) is 22.5. The first kappa shape index (κ1) is 24.3. The van der Waals surface area contributed by atoms with E-state index in [9.17, 15) is 9.59 Å². The second kappa shape index (κ2) is 13.3. The molecule has 6 heteroatoms. The van der Waals surface area contributed by atoms with Crippen LogP contribution in [-0.2, 0) is 16.1 Å². The summed E-state index contributed by atoms with van der Waals surface area (Å²) < 4.78 is 10.9. The Labute approximate surface area is 185 Å². The molecule has 2 rings (SSSR count). The molecule has 2 aromatic rings. The van der Waals surface area contributed by atoms with Gasteiger partial charge in [0.25, 0.3) is 0 Å². The molecule has 0 saturated carbocycles. The summed E-state index contributed by atoms with van der Waals surface area (Å²) in [7, 11) is 1.62. The van der Waals surface area contributed by atoms with Gasteiger partial charge >= 0.3 is 0 Å². The molecule has 1 atom stereocenters. The first-order valence-corrected chi connectivity index (χ1v) is 10.9. The molecule has 0 aliphatic carbocycles. The van der Waals surface area contributed by atoms with Gasteiger partial charge in [0.05, 0.1) is 13.7 Å². The van der Waals surface area contributed by atoms with Crippen molar-refractivity contribution in [2.45, 2.75) is 52.1 Å². The number of benzene rings is 2. The van der Waals surface area contributed by atoms with Crippen molar-refractivity contribution in [1.82, 2.24) is 10.2 Å². The molecule has 1 N–H and O–H groups in total. The van der Waals surface area contributed by atoms with Crippen molar-refractivity contribution in [3.05, 3.63) is 60.2 Å². The Morgan fingerprint density at radius 2 is 1.71 bits per heavy atom. The molecular formula is C25H34N2O4. The molecule has 0 heterocycles. The van der Waals surface area contributed by atoms with Gasteiger partial charge < -0.3 is 19.7 Å². The second-order valence-electron chi connectivity index (χ2n) is 7.46. The highest BCUT2D eigenvalue weighted by Crippen LogP contribution is 2.16. The summed E-state index contributed by atoms with van der Waals surface area (Å²) in [5.41, 5.74) is 0.947. The Bertz CT molecular complexity index is 793. The van der Waals surface area contributed by atoms with Crippen molar-refractivity contribution in [3.8, 4) is 11.5 Å². The average molecular weight is 427 g/mol. The van der Waals surface area contributed by atoms with Crippen LogP contribution in [0.5, 0.6) is 11.5 Å². The minimum atomic E-state index is -0.554. The fraction of sp³-hybridized carbons (Fsp3) is 0.440. The highest BCUT2D eigenvalue weighted by atomic mass is 16.5. The van der Waals surface area contributed by atoms with Gasteiger partial charge in [0.2, 0.25) is 11.8 Å². The molecule has 6 nitrogen and oxygen atoms in total. The van der Waals surface area contributed by atoms with Gasteiger partial charge in [-0.1, -0.05) is 43.7 Å². The summed E-state index contributed by atoms with van der Waals surface area (Å²) in [6.07, 6.45) is 2.82. The quantitative estimate of drug-likeness (QED) is 0.488. The van der Waals surface area contributed by atoms with Crippen LogP contribution in [0.4, 0.5) is 0 Å². The summed E-state index contributed by atoms with van der Waals surface area (Å²) >= 11 is 0. The topological polar surface area (TPSA) is 67.9 Å². The van der Waals surface area contributed by atoms with E-state index in [0.29, 0.717) is 32.5 Å². The SMILES string of the molecule is CCCCNC(=O)C(C)N(Cc1ccc(OC)cc1)C(=O)CCCOc1ccccc1. The van der Waals surface area contributed by atoms with Crippen LogP contribution in [0.1, 0.15) is 45.1 Å². The number of para-hydroxylation sites is 1. The van der Waals surface area contributed by atoms with Crippen molar-refractivity contribution in [2.75, 3.05) is 20.3 Å². The maximum Gasteiger partial charge on any atom is 0.242 e. The Kier molecular flexibility index (Phi) is 10.4. The summed E-state index contributed by atoms with van der Waals surface area (Å²) in [6.45, 7) is 5.29. The van der Waals surface area contributed by atoms with E-state index in [1.165, 1.54) is 0 Å². The fourth-order valence-electron chi connectivity index (χ4n) is 3.12. The molecule has 0 fully saturated rings. The van der Waals surface area contributed by atoms with Crippen LogP contribution in [-0.4, -0.2) is 43.0 Å². The molecule has 31 heavy (non-hydrogen) atoms. The number of hydrogen-bond acceptors (Lipinski definition) is 4. The largest absolute Gasteiger partial charge is 0.497 e. The average Bonchev–Trinajstić information content (AvgIpc) is 2.81. The summed E-state index contributed by atoms with van der Waals surface area (Å²) in [6, 6.07) is 16.5. The molecule has 0 aliphatic rings. The van der Waals surface area contributed by atoms with Crippen LogP contribution in [0.3, 0.4) is 0 Å². The summed E-state index contributed by atoms with van der Waals surface area (Å²) in [4.78, 5) is 27.3. The molecular weight excluding hydrogens is 392 g/mol. The monoisotopic (exact) mass is 426 g/mol. The van der Waals surface area contributed by atoms with Gasteiger partial charge in [-0.25, -0.2) is 0 Å². The maximum absolute atomic E-state index is 13.0. The number of amides is 2. The van der Waals surface area contributed by atoms with Gasteiger partial charge in [0.15, 0.2) is 0 Å². The van der Waals surface area contributed by atoms with Crippen molar-refractivity contribution >= 4 is 11.8 Å². The van der Waals surface area contributed by atoms with Crippen molar-refractivity contribution in [1.29, 1.82) is 0 Å². The van der Waals surface area contributed by atoms with Gasteiger partial charge in [-0.2, -0.15) is 0 Å². The Morgan fingerprint density at radius 3 is 2.35 bits per heavy atom. The van der Waals surface area contributed by atoms with Crippen molar-refractivity contribution in [2.24, 2.45) is 0 Å².